The zero-order valence-electron chi connectivity index (χ0n) is 15.6. The van der Waals surface area contributed by atoms with Crippen LogP contribution in [0.5, 0.6) is 0 Å². The van der Waals surface area contributed by atoms with Gasteiger partial charge in [0.1, 0.15) is 0 Å². The molecule has 0 bridgehead atoms. The van der Waals surface area contributed by atoms with Crippen LogP contribution in [0, 0.1) is 10.1 Å². The molecule has 0 aliphatic heterocycles. The second kappa shape index (κ2) is 10.1. The van der Waals surface area contributed by atoms with Gasteiger partial charge in [-0.3, -0.25) is 25.0 Å². The van der Waals surface area contributed by atoms with E-state index >= 15 is 0 Å². The van der Waals surface area contributed by atoms with E-state index in [9.17, 15) is 10.1 Å². The Morgan fingerprint density at radius 2 is 1.57 bits per heavy atom. The lowest BCUT2D eigenvalue weighted by molar-refractivity contribution is -0.384. The third kappa shape index (κ3) is 6.14. The summed E-state index contributed by atoms with van der Waals surface area (Å²) >= 11 is 0. The van der Waals surface area contributed by atoms with Gasteiger partial charge in [0.15, 0.2) is 0 Å². The molecule has 28 heavy (non-hydrogen) atoms. The summed E-state index contributed by atoms with van der Waals surface area (Å²) in [5.41, 5.74) is 3.06. The number of nitrogens with one attached hydrogen (secondary N) is 1. The second-order valence-corrected chi connectivity index (χ2v) is 6.40. The maximum Gasteiger partial charge on any atom is 0.269 e. The molecule has 0 saturated heterocycles. The van der Waals surface area contributed by atoms with Crippen LogP contribution in [0.25, 0.3) is 0 Å². The molecule has 2 aromatic heterocycles. The van der Waals surface area contributed by atoms with Crippen molar-refractivity contribution >= 4 is 11.4 Å². The van der Waals surface area contributed by atoms with E-state index in [0.29, 0.717) is 0 Å². The number of hydrogen-bond donors (Lipinski definition) is 1. The van der Waals surface area contributed by atoms with Crippen molar-refractivity contribution in [1.29, 1.82) is 0 Å². The third-order valence-corrected chi connectivity index (χ3v) is 4.36. The fraction of sp³-hybridized carbons (Fsp3) is 0.238. The second-order valence-electron chi connectivity index (χ2n) is 6.40. The molecule has 0 fully saturated rings. The van der Waals surface area contributed by atoms with Gasteiger partial charge in [0.05, 0.1) is 10.6 Å². The third-order valence-electron chi connectivity index (χ3n) is 4.36. The smallest absolute Gasteiger partial charge is 0.269 e. The number of benzene rings is 1. The van der Waals surface area contributed by atoms with Crippen molar-refractivity contribution < 1.29 is 4.92 Å². The van der Waals surface area contributed by atoms with Gasteiger partial charge in [-0.05, 0) is 36.4 Å². The molecule has 0 aliphatic rings. The van der Waals surface area contributed by atoms with Crippen molar-refractivity contribution in [3.63, 3.8) is 0 Å². The summed E-state index contributed by atoms with van der Waals surface area (Å²) in [7, 11) is 0. The van der Waals surface area contributed by atoms with E-state index in [1.807, 2.05) is 42.6 Å². The van der Waals surface area contributed by atoms with Gasteiger partial charge in [0.25, 0.3) is 5.69 Å². The fourth-order valence-electron chi connectivity index (χ4n) is 2.87. The quantitative estimate of drug-likeness (QED) is 0.430. The van der Waals surface area contributed by atoms with E-state index in [4.69, 9.17) is 0 Å². The number of nitro benzene ring substituents is 1. The molecule has 1 N–H and O–H groups in total. The summed E-state index contributed by atoms with van der Waals surface area (Å²) < 4.78 is 0. The number of anilines is 1. The SMILES string of the molecule is O=[N+]([O-])c1ccc(NCCN(CCc2ccccn2)Cc2ccccn2)cc1. The number of non-ortho nitro benzene ring substituents is 1. The zero-order chi connectivity index (χ0) is 19.6. The monoisotopic (exact) mass is 377 g/mol. The highest BCUT2D eigenvalue weighted by atomic mass is 16.6. The summed E-state index contributed by atoms with van der Waals surface area (Å²) in [5, 5.41) is 14.1. The van der Waals surface area contributed by atoms with Crippen LogP contribution in [0.3, 0.4) is 0 Å². The van der Waals surface area contributed by atoms with Crippen LogP contribution in [-0.2, 0) is 13.0 Å². The molecule has 0 atom stereocenters. The predicted octanol–water partition coefficient (Wildman–Crippen LogP) is 3.54. The van der Waals surface area contributed by atoms with Crippen LogP contribution in [-0.4, -0.2) is 39.4 Å². The Morgan fingerprint density at radius 1 is 0.893 bits per heavy atom. The lowest BCUT2D eigenvalue weighted by Crippen LogP contribution is -2.31. The van der Waals surface area contributed by atoms with E-state index in [1.165, 1.54) is 12.1 Å². The maximum absolute atomic E-state index is 10.7. The Hall–Kier alpha value is -3.32. The molecule has 0 spiro atoms. The van der Waals surface area contributed by atoms with Gasteiger partial charge in [0, 0.05) is 68.5 Å². The van der Waals surface area contributed by atoms with Crippen molar-refractivity contribution in [3.8, 4) is 0 Å². The van der Waals surface area contributed by atoms with Crippen LogP contribution in [0.4, 0.5) is 11.4 Å². The molecule has 1 aromatic carbocycles. The van der Waals surface area contributed by atoms with Gasteiger partial charge in [-0.15, -0.1) is 0 Å². The molecule has 0 unspecified atom stereocenters. The summed E-state index contributed by atoms with van der Waals surface area (Å²) in [6.45, 7) is 3.18. The minimum atomic E-state index is -0.393. The van der Waals surface area contributed by atoms with E-state index in [1.54, 1.807) is 18.3 Å². The molecule has 0 saturated carbocycles. The predicted molar refractivity (Wildman–Crippen MR) is 109 cm³/mol. The Labute approximate surface area is 164 Å². The molecular weight excluding hydrogens is 354 g/mol. The number of nitrogens with zero attached hydrogens (tertiary/aromatic N) is 4. The Balaban J connectivity index is 1.55. The average Bonchev–Trinajstić information content (AvgIpc) is 2.74. The first-order chi connectivity index (χ1) is 13.7. The average molecular weight is 377 g/mol. The number of hydrogen-bond acceptors (Lipinski definition) is 6. The Kier molecular flexibility index (Phi) is 7.03. The summed E-state index contributed by atoms with van der Waals surface area (Å²) in [6.07, 6.45) is 4.49. The highest BCUT2D eigenvalue weighted by molar-refractivity contribution is 5.48. The van der Waals surface area contributed by atoms with E-state index < -0.39 is 4.92 Å². The van der Waals surface area contributed by atoms with Crippen molar-refractivity contribution in [2.45, 2.75) is 13.0 Å². The molecule has 144 valence electrons. The molecule has 0 radical (unpaired) electrons. The molecule has 0 aliphatic carbocycles. The van der Waals surface area contributed by atoms with Gasteiger partial charge in [0.2, 0.25) is 0 Å². The summed E-state index contributed by atoms with van der Waals surface area (Å²) in [5.74, 6) is 0. The van der Waals surface area contributed by atoms with Gasteiger partial charge in [-0.1, -0.05) is 12.1 Å². The number of pyridine rings is 2. The summed E-state index contributed by atoms with van der Waals surface area (Å²) in [6, 6.07) is 18.4. The van der Waals surface area contributed by atoms with Crippen LogP contribution >= 0.6 is 0 Å². The molecule has 3 aromatic rings. The maximum atomic E-state index is 10.7. The van der Waals surface area contributed by atoms with Crippen LogP contribution in [0.15, 0.2) is 73.1 Å². The largest absolute Gasteiger partial charge is 0.384 e. The van der Waals surface area contributed by atoms with Crippen LogP contribution in [0.2, 0.25) is 0 Å². The van der Waals surface area contributed by atoms with Gasteiger partial charge >= 0.3 is 0 Å². The molecule has 7 nitrogen and oxygen atoms in total. The number of rotatable bonds is 10. The van der Waals surface area contributed by atoms with Crippen molar-refractivity contribution in [1.82, 2.24) is 14.9 Å². The standard InChI is InChI=1S/C21H23N5O2/c27-26(28)21-9-7-19(8-10-21)24-14-16-25(17-20-6-2-4-13-23-20)15-11-18-5-1-3-12-22-18/h1-10,12-13,24H,11,14-17H2. The summed E-state index contributed by atoms with van der Waals surface area (Å²) in [4.78, 5) is 21.5. The minimum Gasteiger partial charge on any atom is -0.384 e. The zero-order valence-corrected chi connectivity index (χ0v) is 15.6. The van der Waals surface area contributed by atoms with Crippen molar-refractivity contribution in [3.05, 3.63) is 94.6 Å². The normalized spacial score (nSPS) is 10.8. The first-order valence-electron chi connectivity index (χ1n) is 9.21. The minimum absolute atomic E-state index is 0.0951. The van der Waals surface area contributed by atoms with E-state index in [0.717, 1.165) is 49.7 Å². The van der Waals surface area contributed by atoms with Crippen LogP contribution < -0.4 is 5.32 Å². The van der Waals surface area contributed by atoms with Crippen molar-refractivity contribution in [2.75, 3.05) is 25.0 Å². The van der Waals surface area contributed by atoms with Gasteiger partial charge < -0.3 is 5.32 Å². The molecular formula is C21H23N5O2. The van der Waals surface area contributed by atoms with Gasteiger partial charge in [-0.2, -0.15) is 0 Å². The van der Waals surface area contributed by atoms with Crippen LogP contribution in [0.1, 0.15) is 11.4 Å². The Morgan fingerprint density at radius 3 is 2.18 bits per heavy atom. The Bertz CT molecular complexity index is 857. The highest BCUT2D eigenvalue weighted by Gasteiger charge is 2.08. The topological polar surface area (TPSA) is 84.2 Å². The molecule has 2 heterocycles. The molecule has 0 amide bonds. The van der Waals surface area contributed by atoms with Crippen molar-refractivity contribution in [2.24, 2.45) is 0 Å². The molecule has 3 rings (SSSR count). The fourth-order valence-corrected chi connectivity index (χ4v) is 2.87. The first kappa shape index (κ1) is 19.4. The lowest BCUT2D eigenvalue weighted by atomic mass is 10.2. The molecule has 7 heteroatoms. The van der Waals surface area contributed by atoms with E-state index in [-0.39, 0.29) is 5.69 Å². The number of nitro groups is 1. The van der Waals surface area contributed by atoms with E-state index in [2.05, 4.69) is 20.2 Å². The van der Waals surface area contributed by atoms with Gasteiger partial charge in [-0.25, -0.2) is 0 Å². The first-order valence-corrected chi connectivity index (χ1v) is 9.21. The highest BCUT2D eigenvalue weighted by Crippen LogP contribution is 2.15. The number of aromatic nitrogens is 2. The lowest BCUT2D eigenvalue weighted by Gasteiger charge is -2.22.